The Labute approximate surface area is 199 Å². The van der Waals surface area contributed by atoms with Gasteiger partial charge < -0.3 is 25.0 Å². The number of rotatable bonds is 8. The van der Waals surface area contributed by atoms with E-state index in [4.69, 9.17) is 9.47 Å². The fraction of sp³-hybridized carbons (Fsp3) is 0.409. The van der Waals surface area contributed by atoms with Gasteiger partial charge in [-0.15, -0.1) is 24.0 Å². The minimum absolute atomic E-state index is 0. The number of ether oxygens (including phenoxy) is 2. The number of benzene rings is 2. The largest absolute Gasteiger partial charge is 0.497 e. The van der Waals surface area contributed by atoms with E-state index in [1.54, 1.807) is 19.1 Å². The molecule has 0 amide bonds. The summed E-state index contributed by atoms with van der Waals surface area (Å²) in [4.78, 5) is 5.95. The molecule has 1 fully saturated rings. The van der Waals surface area contributed by atoms with Crippen molar-refractivity contribution in [3.05, 3.63) is 59.7 Å². The van der Waals surface area contributed by atoms with Crippen molar-refractivity contribution in [2.24, 2.45) is 4.99 Å². The van der Waals surface area contributed by atoms with Crippen LogP contribution in [0.25, 0.3) is 0 Å². The third-order valence-corrected chi connectivity index (χ3v) is 4.95. The maximum absolute atomic E-state index is 14.0. The molecule has 0 aliphatic carbocycles. The summed E-state index contributed by atoms with van der Waals surface area (Å²) < 4.78 is 38.9. The topological polar surface area (TPSA) is 58.1 Å². The quantitative estimate of drug-likeness (QED) is 0.230. The van der Waals surface area contributed by atoms with Crippen molar-refractivity contribution in [1.82, 2.24) is 10.6 Å². The molecule has 1 atom stereocenters. The highest BCUT2D eigenvalue weighted by atomic mass is 127. The van der Waals surface area contributed by atoms with Crippen molar-refractivity contribution in [3.63, 3.8) is 0 Å². The first kappa shape index (κ1) is 25.1. The SMILES string of the molecule is CN=C(NCCOCc1cccc(OC)c1)NC1CCN(c2c(F)cccc2F)C1.I. The Morgan fingerprint density at radius 1 is 1.19 bits per heavy atom. The molecule has 2 N–H and O–H groups in total. The smallest absolute Gasteiger partial charge is 0.191 e. The van der Waals surface area contributed by atoms with Crippen LogP contribution in [0.2, 0.25) is 0 Å². The van der Waals surface area contributed by atoms with Crippen LogP contribution < -0.4 is 20.3 Å². The molecule has 6 nitrogen and oxygen atoms in total. The summed E-state index contributed by atoms with van der Waals surface area (Å²) in [6.45, 7) is 2.68. The molecule has 1 aliphatic rings. The van der Waals surface area contributed by atoms with Crippen molar-refractivity contribution in [1.29, 1.82) is 0 Å². The van der Waals surface area contributed by atoms with Gasteiger partial charge in [-0.2, -0.15) is 0 Å². The summed E-state index contributed by atoms with van der Waals surface area (Å²) in [5.41, 5.74) is 1.08. The standard InChI is InChI=1S/C22H28F2N4O2.HI/c1-25-22(26-10-12-30-15-16-5-3-6-18(13-16)29-2)27-17-9-11-28(14-17)21-19(23)7-4-8-20(21)24;/h3-8,13,17H,9-12,14-15H2,1-2H3,(H2,25,26,27);1H. The maximum Gasteiger partial charge on any atom is 0.191 e. The van der Waals surface area contributed by atoms with Gasteiger partial charge in [-0.05, 0) is 36.2 Å². The second kappa shape index (κ2) is 12.7. The van der Waals surface area contributed by atoms with Gasteiger partial charge in [0.25, 0.3) is 0 Å². The van der Waals surface area contributed by atoms with Crippen LogP contribution in [0.3, 0.4) is 0 Å². The molecule has 9 heteroatoms. The van der Waals surface area contributed by atoms with E-state index in [1.165, 1.54) is 18.2 Å². The van der Waals surface area contributed by atoms with Crippen LogP contribution in [0.4, 0.5) is 14.5 Å². The average molecular weight is 546 g/mol. The summed E-state index contributed by atoms with van der Waals surface area (Å²) in [5, 5.41) is 6.51. The van der Waals surface area contributed by atoms with Gasteiger partial charge in [0.2, 0.25) is 0 Å². The Hall–Kier alpha value is -2.14. The molecule has 1 aliphatic heterocycles. The van der Waals surface area contributed by atoms with Crippen molar-refractivity contribution < 1.29 is 18.3 Å². The number of para-hydroxylation sites is 1. The fourth-order valence-electron chi connectivity index (χ4n) is 3.45. The van der Waals surface area contributed by atoms with Crippen LogP contribution in [-0.4, -0.2) is 52.4 Å². The highest BCUT2D eigenvalue weighted by Gasteiger charge is 2.27. The van der Waals surface area contributed by atoms with Crippen molar-refractivity contribution >= 4 is 35.6 Å². The molecular weight excluding hydrogens is 517 g/mol. The lowest BCUT2D eigenvalue weighted by Gasteiger charge is -2.21. The minimum Gasteiger partial charge on any atom is -0.497 e. The number of hydrogen-bond donors (Lipinski definition) is 2. The van der Waals surface area contributed by atoms with Gasteiger partial charge in [-0.3, -0.25) is 4.99 Å². The summed E-state index contributed by atoms with van der Waals surface area (Å²) in [6, 6.07) is 11.7. The number of methoxy groups -OCH3 is 1. The Morgan fingerprint density at radius 2 is 1.94 bits per heavy atom. The van der Waals surface area contributed by atoms with Gasteiger partial charge in [0.1, 0.15) is 23.1 Å². The first-order valence-corrected chi connectivity index (χ1v) is 9.97. The molecule has 170 valence electrons. The van der Waals surface area contributed by atoms with Gasteiger partial charge in [0.05, 0.1) is 20.3 Å². The lowest BCUT2D eigenvalue weighted by atomic mass is 10.2. The van der Waals surface area contributed by atoms with E-state index in [2.05, 4.69) is 15.6 Å². The minimum atomic E-state index is -0.536. The number of anilines is 1. The van der Waals surface area contributed by atoms with Gasteiger partial charge in [-0.1, -0.05) is 18.2 Å². The zero-order valence-corrected chi connectivity index (χ0v) is 20.1. The Balaban J connectivity index is 0.00000341. The molecule has 0 radical (unpaired) electrons. The van der Waals surface area contributed by atoms with Gasteiger partial charge in [0, 0.05) is 32.7 Å². The molecule has 1 saturated heterocycles. The van der Waals surface area contributed by atoms with E-state index in [9.17, 15) is 8.78 Å². The molecule has 0 spiro atoms. The van der Waals surface area contributed by atoms with Gasteiger partial charge >= 0.3 is 0 Å². The highest BCUT2D eigenvalue weighted by Crippen LogP contribution is 2.26. The third kappa shape index (κ3) is 7.20. The number of aliphatic imine (C=N–C) groups is 1. The summed E-state index contributed by atoms with van der Waals surface area (Å²) in [6.07, 6.45) is 0.765. The fourth-order valence-corrected chi connectivity index (χ4v) is 3.45. The highest BCUT2D eigenvalue weighted by molar-refractivity contribution is 14.0. The molecule has 31 heavy (non-hydrogen) atoms. The van der Waals surface area contributed by atoms with Crippen LogP contribution >= 0.6 is 24.0 Å². The zero-order chi connectivity index (χ0) is 21.3. The first-order valence-electron chi connectivity index (χ1n) is 9.97. The number of guanidine groups is 1. The lowest BCUT2D eigenvalue weighted by Crippen LogP contribution is -2.45. The van der Waals surface area contributed by atoms with E-state index in [0.717, 1.165) is 17.7 Å². The van der Waals surface area contributed by atoms with Gasteiger partial charge in [-0.25, -0.2) is 8.78 Å². The van der Waals surface area contributed by atoms with Crippen LogP contribution in [0.15, 0.2) is 47.5 Å². The predicted octanol–water partition coefficient (Wildman–Crippen LogP) is 3.55. The van der Waals surface area contributed by atoms with E-state index in [0.29, 0.717) is 38.8 Å². The number of hydrogen-bond acceptors (Lipinski definition) is 4. The van der Waals surface area contributed by atoms with Crippen molar-refractivity contribution in [3.8, 4) is 5.75 Å². The number of halogens is 3. The molecule has 1 heterocycles. The average Bonchev–Trinajstić information content (AvgIpc) is 3.20. The predicted molar refractivity (Wildman–Crippen MR) is 130 cm³/mol. The maximum atomic E-state index is 14.0. The molecule has 1 unspecified atom stereocenters. The van der Waals surface area contributed by atoms with Crippen molar-refractivity contribution in [2.75, 3.05) is 45.3 Å². The number of nitrogens with one attached hydrogen (secondary N) is 2. The Bertz CT molecular complexity index is 849. The van der Waals surface area contributed by atoms with E-state index in [1.807, 2.05) is 24.3 Å². The monoisotopic (exact) mass is 546 g/mol. The lowest BCUT2D eigenvalue weighted by molar-refractivity contribution is 0.125. The Morgan fingerprint density at radius 3 is 2.65 bits per heavy atom. The molecule has 0 bridgehead atoms. The molecular formula is C22H29F2IN4O2. The zero-order valence-electron chi connectivity index (χ0n) is 17.7. The van der Waals surface area contributed by atoms with Crippen molar-refractivity contribution in [2.45, 2.75) is 19.1 Å². The third-order valence-electron chi connectivity index (χ3n) is 4.95. The van der Waals surface area contributed by atoms with E-state index < -0.39 is 11.6 Å². The van der Waals surface area contributed by atoms with E-state index in [-0.39, 0.29) is 35.7 Å². The molecule has 2 aromatic carbocycles. The van der Waals surface area contributed by atoms with Crippen LogP contribution in [0.1, 0.15) is 12.0 Å². The van der Waals surface area contributed by atoms with Crippen LogP contribution in [-0.2, 0) is 11.3 Å². The second-order valence-electron chi connectivity index (χ2n) is 7.05. The normalized spacial score (nSPS) is 16.1. The summed E-state index contributed by atoms with van der Waals surface area (Å²) >= 11 is 0. The number of nitrogens with zero attached hydrogens (tertiary/aromatic N) is 2. The van der Waals surface area contributed by atoms with Gasteiger partial charge in [0.15, 0.2) is 5.96 Å². The van der Waals surface area contributed by atoms with Crippen LogP contribution in [0.5, 0.6) is 5.75 Å². The first-order chi connectivity index (χ1) is 14.6. The summed E-state index contributed by atoms with van der Waals surface area (Å²) in [7, 11) is 3.33. The molecule has 0 saturated carbocycles. The molecule has 2 aromatic rings. The molecule has 3 rings (SSSR count). The second-order valence-corrected chi connectivity index (χ2v) is 7.05. The summed E-state index contributed by atoms with van der Waals surface area (Å²) in [5.74, 6) is 0.373. The van der Waals surface area contributed by atoms with E-state index >= 15 is 0 Å². The molecule has 0 aromatic heterocycles. The Kier molecular flexibility index (Phi) is 10.3. The van der Waals surface area contributed by atoms with Crippen LogP contribution in [0, 0.1) is 11.6 Å².